The van der Waals surface area contributed by atoms with Crippen molar-refractivity contribution in [3.05, 3.63) is 100 Å². The Kier molecular flexibility index (Phi) is 7.02. The second kappa shape index (κ2) is 10.2. The highest BCUT2D eigenvalue weighted by Crippen LogP contribution is 2.35. The van der Waals surface area contributed by atoms with Gasteiger partial charge in [-0.3, -0.25) is 9.62 Å². The molecule has 0 spiro atoms. The number of carboxylic acid groups (broad SMARTS) is 1. The zero-order valence-electron chi connectivity index (χ0n) is 18.9. The fourth-order valence-electron chi connectivity index (χ4n) is 4.32. The second-order valence-electron chi connectivity index (χ2n) is 8.61. The lowest BCUT2D eigenvalue weighted by atomic mass is 9.90. The molecule has 0 unspecified atom stereocenters. The molecule has 0 amide bonds. The molecule has 36 heavy (non-hydrogen) atoms. The average molecular weight is 505 g/mol. The molecule has 2 N–H and O–H groups in total. The van der Waals surface area contributed by atoms with Crippen LogP contribution in [0.25, 0.3) is 0 Å². The lowest BCUT2D eigenvalue weighted by Gasteiger charge is -2.44. The molecule has 4 rings (SSSR count). The van der Waals surface area contributed by atoms with Gasteiger partial charge in [0.05, 0.1) is 46.3 Å². The Hall–Kier alpha value is -4.25. The smallest absolute Gasteiger partial charge is 0.335 e. The average Bonchev–Trinajstić information content (AvgIpc) is 2.82. The number of nitrogens with one attached hydrogen (secondary N) is 1. The van der Waals surface area contributed by atoms with Crippen LogP contribution in [0.1, 0.15) is 38.7 Å². The summed E-state index contributed by atoms with van der Waals surface area (Å²) in [5.74, 6) is -2.62. The Morgan fingerprint density at radius 3 is 2.00 bits per heavy atom. The molecule has 0 radical (unpaired) electrons. The van der Waals surface area contributed by atoms with Crippen molar-refractivity contribution in [3.8, 4) is 12.1 Å². The van der Waals surface area contributed by atoms with Crippen LogP contribution in [0.5, 0.6) is 0 Å². The Bertz CT molecular complexity index is 1410. The number of hydrogen-bond acceptors (Lipinski definition) is 6. The number of carbonyl (C=O) groups is 1. The number of hydrogen-bond donors (Lipinski definition) is 2. The van der Waals surface area contributed by atoms with Crippen LogP contribution in [0.3, 0.4) is 0 Å². The summed E-state index contributed by atoms with van der Waals surface area (Å²) in [4.78, 5) is 13.2. The van der Waals surface area contributed by atoms with Crippen molar-refractivity contribution in [1.82, 2.24) is 4.90 Å². The molecule has 182 valence electrons. The predicted molar refractivity (Wildman–Crippen MR) is 130 cm³/mol. The normalized spacial score (nSPS) is 14.0. The van der Waals surface area contributed by atoms with Gasteiger partial charge in [-0.05, 0) is 53.6 Å². The molecule has 8 nitrogen and oxygen atoms in total. The van der Waals surface area contributed by atoms with E-state index in [4.69, 9.17) is 15.6 Å². The second-order valence-corrected chi connectivity index (χ2v) is 10.4. The summed E-state index contributed by atoms with van der Waals surface area (Å²) in [7, 11) is -3.86. The van der Waals surface area contributed by atoms with Crippen LogP contribution in [0.15, 0.2) is 66.7 Å². The lowest BCUT2D eigenvalue weighted by molar-refractivity contribution is 0.0696. The number of rotatable bonds is 8. The van der Waals surface area contributed by atoms with Crippen molar-refractivity contribution in [2.45, 2.75) is 6.04 Å². The Labute approximate surface area is 207 Å². The fraction of sp³-hybridized carbons (Fsp3) is 0.192. The van der Waals surface area contributed by atoms with Crippen LogP contribution >= 0.6 is 0 Å². The Morgan fingerprint density at radius 2 is 1.53 bits per heavy atom. The molecule has 10 heteroatoms. The van der Waals surface area contributed by atoms with Crippen molar-refractivity contribution in [2.24, 2.45) is 5.92 Å². The molecule has 1 saturated heterocycles. The van der Waals surface area contributed by atoms with Crippen molar-refractivity contribution in [1.29, 1.82) is 10.5 Å². The molecule has 3 aromatic carbocycles. The first-order chi connectivity index (χ1) is 17.2. The zero-order chi connectivity index (χ0) is 25.9. The van der Waals surface area contributed by atoms with Crippen LogP contribution in [0.4, 0.5) is 10.1 Å². The van der Waals surface area contributed by atoms with E-state index in [1.165, 1.54) is 0 Å². The molecule has 0 saturated carbocycles. The van der Waals surface area contributed by atoms with E-state index in [0.717, 1.165) is 29.3 Å². The number of sulfonamides is 1. The van der Waals surface area contributed by atoms with E-state index in [2.05, 4.69) is 21.8 Å². The van der Waals surface area contributed by atoms with E-state index in [1.54, 1.807) is 24.3 Å². The lowest BCUT2D eigenvalue weighted by Crippen LogP contribution is -2.51. The maximum atomic E-state index is 13.7. The van der Waals surface area contributed by atoms with Gasteiger partial charge in [-0.25, -0.2) is 17.6 Å². The molecule has 0 aromatic heterocycles. The zero-order valence-corrected chi connectivity index (χ0v) is 19.7. The molecule has 3 aromatic rings. The third-order valence-electron chi connectivity index (χ3n) is 5.93. The van der Waals surface area contributed by atoms with E-state index in [9.17, 15) is 17.6 Å². The van der Waals surface area contributed by atoms with Gasteiger partial charge in [-0.2, -0.15) is 10.5 Å². The first-order valence-corrected chi connectivity index (χ1v) is 12.6. The minimum absolute atomic E-state index is 0.142. The minimum atomic E-state index is -3.86. The van der Waals surface area contributed by atoms with Crippen LogP contribution in [0, 0.1) is 34.4 Å². The molecule has 1 fully saturated rings. The number of aromatic carboxylic acids is 1. The Balaban J connectivity index is 1.48. The van der Waals surface area contributed by atoms with Crippen molar-refractivity contribution >= 4 is 21.7 Å². The predicted octanol–water partition coefficient (Wildman–Crippen LogP) is 3.73. The number of likely N-dealkylation sites (tertiary alicyclic amines) is 1. The van der Waals surface area contributed by atoms with Gasteiger partial charge in [0.2, 0.25) is 10.0 Å². The summed E-state index contributed by atoms with van der Waals surface area (Å²) in [6.07, 6.45) is 0. The number of benzene rings is 3. The van der Waals surface area contributed by atoms with Crippen LogP contribution in [-0.2, 0) is 10.0 Å². The van der Waals surface area contributed by atoms with Gasteiger partial charge in [0.15, 0.2) is 0 Å². The molecule has 1 aliphatic rings. The van der Waals surface area contributed by atoms with E-state index < -0.39 is 21.8 Å². The monoisotopic (exact) mass is 504 g/mol. The van der Waals surface area contributed by atoms with E-state index >= 15 is 0 Å². The summed E-state index contributed by atoms with van der Waals surface area (Å²) in [5.41, 5.74) is 2.42. The summed E-state index contributed by atoms with van der Waals surface area (Å²) < 4.78 is 41.4. The van der Waals surface area contributed by atoms with Gasteiger partial charge in [0, 0.05) is 19.0 Å². The van der Waals surface area contributed by atoms with Crippen molar-refractivity contribution < 1.29 is 22.7 Å². The highest BCUT2D eigenvalue weighted by atomic mass is 32.2. The molecule has 0 aliphatic carbocycles. The fourth-order valence-corrected chi connectivity index (χ4v) is 5.72. The van der Waals surface area contributed by atoms with E-state index in [0.29, 0.717) is 24.2 Å². The van der Waals surface area contributed by atoms with Gasteiger partial charge in [-0.15, -0.1) is 0 Å². The van der Waals surface area contributed by atoms with Crippen LogP contribution in [-0.4, -0.2) is 43.2 Å². The van der Waals surface area contributed by atoms with Gasteiger partial charge < -0.3 is 5.11 Å². The third-order valence-corrected chi connectivity index (χ3v) is 7.39. The van der Waals surface area contributed by atoms with Gasteiger partial charge in [-0.1, -0.05) is 24.3 Å². The quantitative estimate of drug-likeness (QED) is 0.477. The first-order valence-electron chi connectivity index (χ1n) is 11.0. The molecule has 1 heterocycles. The SMILES string of the molecule is N#Cc1ccc(C(c2ccc(C#N)cc2)N2CC(CS(=O)(=O)Nc3cc(F)cc(C(=O)O)c3)C2)cc1. The molecule has 0 bridgehead atoms. The molecule has 1 aliphatic heterocycles. The maximum Gasteiger partial charge on any atom is 0.335 e. The highest BCUT2D eigenvalue weighted by Gasteiger charge is 2.36. The van der Waals surface area contributed by atoms with Gasteiger partial charge >= 0.3 is 5.97 Å². The summed E-state index contributed by atoms with van der Waals surface area (Å²) in [6.45, 7) is 0.935. The number of halogens is 1. The van der Waals surface area contributed by atoms with Crippen molar-refractivity contribution in [3.63, 3.8) is 0 Å². The minimum Gasteiger partial charge on any atom is -0.478 e. The number of anilines is 1. The summed E-state index contributed by atoms with van der Waals surface area (Å²) in [6, 6.07) is 21.1. The van der Waals surface area contributed by atoms with E-state index in [1.807, 2.05) is 24.3 Å². The summed E-state index contributed by atoms with van der Waals surface area (Å²) >= 11 is 0. The van der Waals surface area contributed by atoms with E-state index in [-0.39, 0.29) is 29.0 Å². The molecule has 0 atom stereocenters. The number of nitrogens with zero attached hydrogens (tertiary/aromatic N) is 3. The maximum absolute atomic E-state index is 13.7. The number of carboxylic acids is 1. The van der Waals surface area contributed by atoms with Gasteiger partial charge in [0.25, 0.3) is 0 Å². The third kappa shape index (κ3) is 5.69. The van der Waals surface area contributed by atoms with Gasteiger partial charge in [0.1, 0.15) is 5.82 Å². The highest BCUT2D eigenvalue weighted by molar-refractivity contribution is 7.92. The first kappa shape index (κ1) is 24.9. The largest absolute Gasteiger partial charge is 0.478 e. The van der Waals surface area contributed by atoms with Crippen LogP contribution in [0.2, 0.25) is 0 Å². The number of nitriles is 2. The van der Waals surface area contributed by atoms with Crippen LogP contribution < -0.4 is 4.72 Å². The molecular formula is C26H21FN4O4S. The Morgan fingerprint density at radius 1 is 1.00 bits per heavy atom. The van der Waals surface area contributed by atoms with Crippen molar-refractivity contribution in [2.75, 3.05) is 23.6 Å². The topological polar surface area (TPSA) is 134 Å². The standard InChI is InChI=1S/C26H21FN4O4S/c27-23-9-22(26(32)33)10-24(11-23)30-36(34,35)16-19-14-31(15-19)25(20-5-1-17(12-28)2-6-20)21-7-3-18(13-29)4-8-21/h1-11,19,25,30H,14-16H2,(H,32,33). The summed E-state index contributed by atoms with van der Waals surface area (Å²) in [5, 5.41) is 27.3. The molecular weight excluding hydrogens is 483 g/mol.